The third-order valence-corrected chi connectivity index (χ3v) is 2.89. The number of hydrogen-bond donors (Lipinski definition) is 0. The van der Waals surface area contributed by atoms with Gasteiger partial charge < -0.3 is 0 Å². The van der Waals surface area contributed by atoms with E-state index in [4.69, 9.17) is 0 Å². The molecule has 2 aromatic heterocycles. The number of nitrogens with zero attached hydrogens (tertiary/aromatic N) is 4. The summed E-state index contributed by atoms with van der Waals surface area (Å²) in [5.74, 6) is -1.01. The largest absolute Gasteiger partial charge is 0.451 e. The average Bonchev–Trinajstić information content (AvgIpc) is 2.80. The number of rotatable bonds is 1. The van der Waals surface area contributed by atoms with Gasteiger partial charge in [0.15, 0.2) is 5.82 Å². The standard InChI is InChI=1S/C13H9F3N4/c1-20-12(13(14,15)16)18-11(19-20)9-6-2-4-8-5-3-7-17-10(8)9/h2-7H,1H3. The Morgan fingerprint density at radius 1 is 1.10 bits per heavy atom. The van der Waals surface area contributed by atoms with Crippen molar-refractivity contribution >= 4 is 10.9 Å². The molecule has 3 aromatic rings. The van der Waals surface area contributed by atoms with Crippen LogP contribution in [0, 0.1) is 0 Å². The van der Waals surface area contributed by atoms with Crippen molar-refractivity contribution in [3.63, 3.8) is 0 Å². The quantitative estimate of drug-likeness (QED) is 0.687. The van der Waals surface area contributed by atoms with Crippen molar-refractivity contribution < 1.29 is 13.2 Å². The van der Waals surface area contributed by atoms with Crippen molar-refractivity contribution in [3.05, 3.63) is 42.4 Å². The molecule has 0 radical (unpaired) electrons. The molecule has 0 N–H and O–H groups in total. The Balaban J connectivity index is 2.22. The van der Waals surface area contributed by atoms with Crippen LogP contribution in [-0.4, -0.2) is 19.7 Å². The van der Waals surface area contributed by atoms with Gasteiger partial charge in [0.1, 0.15) is 0 Å². The first-order valence-corrected chi connectivity index (χ1v) is 5.79. The molecule has 0 atom stereocenters. The van der Waals surface area contributed by atoms with E-state index in [2.05, 4.69) is 15.1 Å². The minimum atomic E-state index is -4.53. The molecule has 0 amide bonds. The molecule has 0 spiro atoms. The lowest BCUT2D eigenvalue weighted by atomic mass is 10.1. The average molecular weight is 278 g/mol. The molecule has 0 bridgehead atoms. The number of fused-ring (bicyclic) bond motifs is 1. The van der Waals surface area contributed by atoms with Gasteiger partial charge in [0.25, 0.3) is 0 Å². The van der Waals surface area contributed by atoms with Gasteiger partial charge in [-0.3, -0.25) is 4.98 Å². The van der Waals surface area contributed by atoms with Crippen LogP contribution in [0.4, 0.5) is 13.2 Å². The van der Waals surface area contributed by atoms with Gasteiger partial charge >= 0.3 is 6.18 Å². The molecule has 0 fully saturated rings. The maximum atomic E-state index is 12.8. The molecular formula is C13H9F3N4. The molecule has 2 heterocycles. The summed E-state index contributed by atoms with van der Waals surface area (Å²) in [6.07, 6.45) is -2.95. The van der Waals surface area contributed by atoms with Crippen molar-refractivity contribution in [3.8, 4) is 11.4 Å². The number of benzene rings is 1. The first-order valence-electron chi connectivity index (χ1n) is 5.79. The van der Waals surface area contributed by atoms with Gasteiger partial charge in [-0.05, 0) is 12.1 Å². The lowest BCUT2D eigenvalue weighted by Crippen LogP contribution is -2.13. The second-order valence-electron chi connectivity index (χ2n) is 4.26. The Kier molecular flexibility index (Phi) is 2.70. The Labute approximate surface area is 111 Å². The van der Waals surface area contributed by atoms with Gasteiger partial charge in [-0.1, -0.05) is 18.2 Å². The minimum absolute atomic E-state index is 0.0177. The normalized spacial score (nSPS) is 12.0. The number of pyridine rings is 1. The maximum Gasteiger partial charge on any atom is 0.451 e. The summed E-state index contributed by atoms with van der Waals surface area (Å²) in [6.45, 7) is 0. The van der Waals surface area contributed by atoms with E-state index >= 15 is 0 Å². The molecule has 0 saturated heterocycles. The predicted octanol–water partition coefficient (Wildman–Crippen LogP) is 3.05. The van der Waals surface area contributed by atoms with Crippen molar-refractivity contribution in [2.45, 2.75) is 6.18 Å². The maximum absolute atomic E-state index is 12.8. The first-order chi connectivity index (χ1) is 9.47. The summed E-state index contributed by atoms with van der Waals surface area (Å²) in [5.41, 5.74) is 1.06. The first kappa shape index (κ1) is 12.6. The predicted molar refractivity (Wildman–Crippen MR) is 66.7 cm³/mol. The molecule has 7 heteroatoms. The van der Waals surface area contributed by atoms with Crippen LogP contribution in [-0.2, 0) is 13.2 Å². The van der Waals surface area contributed by atoms with Crippen LogP contribution in [0.15, 0.2) is 36.5 Å². The lowest BCUT2D eigenvalue weighted by Gasteiger charge is -2.02. The molecule has 4 nitrogen and oxygen atoms in total. The molecule has 3 rings (SSSR count). The molecule has 102 valence electrons. The van der Waals surface area contributed by atoms with E-state index < -0.39 is 12.0 Å². The summed E-state index contributed by atoms with van der Waals surface area (Å²) in [7, 11) is 1.22. The van der Waals surface area contributed by atoms with Gasteiger partial charge in [0.05, 0.1) is 5.52 Å². The van der Waals surface area contributed by atoms with E-state index in [1.807, 2.05) is 12.1 Å². The van der Waals surface area contributed by atoms with E-state index in [1.54, 1.807) is 24.4 Å². The number of aryl methyl sites for hydroxylation is 1. The molecule has 0 aliphatic heterocycles. The minimum Gasteiger partial charge on any atom is -0.255 e. The van der Waals surface area contributed by atoms with Crippen molar-refractivity contribution in [1.29, 1.82) is 0 Å². The molecular weight excluding hydrogens is 269 g/mol. The summed E-state index contributed by atoms with van der Waals surface area (Å²) < 4.78 is 39.0. The zero-order valence-corrected chi connectivity index (χ0v) is 10.4. The molecule has 0 unspecified atom stereocenters. The second-order valence-corrected chi connectivity index (χ2v) is 4.26. The Hall–Kier alpha value is -2.44. The van der Waals surface area contributed by atoms with Crippen molar-refractivity contribution in [2.75, 3.05) is 0 Å². The molecule has 0 aliphatic rings. The second kappa shape index (κ2) is 4.29. The number of alkyl halides is 3. The van der Waals surface area contributed by atoms with Crippen LogP contribution >= 0.6 is 0 Å². The van der Waals surface area contributed by atoms with E-state index in [-0.39, 0.29) is 5.82 Å². The van der Waals surface area contributed by atoms with Crippen molar-refractivity contribution in [1.82, 2.24) is 19.7 Å². The lowest BCUT2D eigenvalue weighted by molar-refractivity contribution is -0.147. The van der Waals surface area contributed by atoms with E-state index in [0.29, 0.717) is 11.1 Å². The molecule has 20 heavy (non-hydrogen) atoms. The Bertz CT molecular complexity index is 771. The van der Waals surface area contributed by atoms with Crippen LogP contribution in [0.1, 0.15) is 5.82 Å². The number of para-hydroxylation sites is 1. The van der Waals surface area contributed by atoms with Gasteiger partial charge in [-0.15, -0.1) is 0 Å². The fourth-order valence-electron chi connectivity index (χ4n) is 2.03. The highest BCUT2D eigenvalue weighted by molar-refractivity contribution is 5.91. The molecule has 0 saturated carbocycles. The third-order valence-electron chi connectivity index (χ3n) is 2.89. The summed E-state index contributed by atoms with van der Waals surface area (Å²) >= 11 is 0. The van der Waals surface area contributed by atoms with Crippen molar-refractivity contribution in [2.24, 2.45) is 7.05 Å². The van der Waals surface area contributed by atoms with Crippen LogP contribution in [0.25, 0.3) is 22.3 Å². The van der Waals surface area contributed by atoms with Crippen LogP contribution in [0.5, 0.6) is 0 Å². The van der Waals surface area contributed by atoms with Crippen LogP contribution < -0.4 is 0 Å². The van der Waals surface area contributed by atoms with Gasteiger partial charge in [-0.2, -0.15) is 18.3 Å². The monoisotopic (exact) mass is 278 g/mol. The number of hydrogen-bond acceptors (Lipinski definition) is 3. The number of aromatic nitrogens is 4. The zero-order valence-electron chi connectivity index (χ0n) is 10.4. The molecule has 0 aliphatic carbocycles. The Morgan fingerprint density at radius 3 is 2.55 bits per heavy atom. The Morgan fingerprint density at radius 2 is 1.85 bits per heavy atom. The molecule has 1 aromatic carbocycles. The fraction of sp³-hybridized carbons (Fsp3) is 0.154. The summed E-state index contributed by atoms with van der Waals surface area (Å²) in [6, 6.07) is 8.83. The summed E-state index contributed by atoms with van der Waals surface area (Å²) in [4.78, 5) is 7.78. The smallest absolute Gasteiger partial charge is 0.255 e. The zero-order chi connectivity index (χ0) is 14.3. The SMILES string of the molecule is Cn1nc(-c2cccc3cccnc23)nc1C(F)(F)F. The highest BCUT2D eigenvalue weighted by Crippen LogP contribution is 2.30. The van der Waals surface area contributed by atoms with Crippen LogP contribution in [0.2, 0.25) is 0 Å². The van der Waals surface area contributed by atoms with E-state index in [0.717, 1.165) is 10.1 Å². The highest BCUT2D eigenvalue weighted by atomic mass is 19.4. The third kappa shape index (κ3) is 2.01. The van der Waals surface area contributed by atoms with Crippen LogP contribution in [0.3, 0.4) is 0 Å². The summed E-state index contributed by atoms with van der Waals surface area (Å²) in [5, 5.41) is 4.67. The van der Waals surface area contributed by atoms with E-state index in [1.165, 1.54) is 7.05 Å². The topological polar surface area (TPSA) is 43.6 Å². The van der Waals surface area contributed by atoms with E-state index in [9.17, 15) is 13.2 Å². The van der Waals surface area contributed by atoms with Gasteiger partial charge in [0, 0.05) is 24.2 Å². The fourth-order valence-corrected chi connectivity index (χ4v) is 2.03. The highest BCUT2D eigenvalue weighted by Gasteiger charge is 2.37. The van der Waals surface area contributed by atoms with Gasteiger partial charge in [-0.25, -0.2) is 9.67 Å². The number of halogens is 3. The van der Waals surface area contributed by atoms with Gasteiger partial charge in [0.2, 0.25) is 5.82 Å².